The number of piperidine rings is 1. The Hall–Kier alpha value is -2.22. The first-order chi connectivity index (χ1) is 11.9. The van der Waals surface area contributed by atoms with E-state index in [9.17, 15) is 13.2 Å². The van der Waals surface area contributed by atoms with Crippen LogP contribution in [0.4, 0.5) is 19.0 Å². The van der Waals surface area contributed by atoms with Gasteiger partial charge >= 0.3 is 6.18 Å². The van der Waals surface area contributed by atoms with E-state index in [0.717, 1.165) is 12.5 Å². The quantitative estimate of drug-likeness (QED) is 0.847. The van der Waals surface area contributed by atoms with Crippen LogP contribution in [0.5, 0.6) is 0 Å². The Morgan fingerprint density at radius 2 is 2.08 bits per heavy atom. The summed E-state index contributed by atoms with van der Waals surface area (Å²) in [6.07, 6.45) is -0.757. The molecule has 0 N–H and O–H groups in total. The predicted octanol–water partition coefficient (Wildman–Crippen LogP) is 3.42. The number of aromatic nitrogens is 3. The van der Waals surface area contributed by atoms with Crippen LogP contribution in [0, 0.1) is 5.92 Å². The normalized spacial score (nSPS) is 21.4. The van der Waals surface area contributed by atoms with Crippen LogP contribution in [-0.4, -0.2) is 41.3 Å². The van der Waals surface area contributed by atoms with Crippen LogP contribution >= 0.6 is 0 Å². The number of halogens is 3. The van der Waals surface area contributed by atoms with Gasteiger partial charge in [-0.05, 0) is 24.5 Å². The first kappa shape index (κ1) is 17.6. The van der Waals surface area contributed by atoms with Crippen molar-refractivity contribution in [2.24, 2.45) is 5.92 Å². The summed E-state index contributed by atoms with van der Waals surface area (Å²) in [5.41, 5.74) is -0.507. The Morgan fingerprint density at radius 3 is 2.72 bits per heavy atom. The maximum Gasteiger partial charge on any atom is 0.433 e. The zero-order valence-electron chi connectivity index (χ0n) is 14.0. The fourth-order valence-electron chi connectivity index (χ4n) is 2.91. The Kier molecular flexibility index (Phi) is 4.89. The number of pyridine rings is 1. The summed E-state index contributed by atoms with van der Waals surface area (Å²) in [5.74, 6) is 0.628. The molecule has 3 rings (SSSR count). The minimum Gasteiger partial charge on any atom is -0.379 e. The van der Waals surface area contributed by atoms with Crippen LogP contribution in [0.15, 0.2) is 30.6 Å². The van der Waals surface area contributed by atoms with Gasteiger partial charge in [0.05, 0.1) is 6.10 Å². The lowest BCUT2D eigenvalue weighted by atomic mass is 9.96. The lowest BCUT2D eigenvalue weighted by molar-refractivity contribution is -0.141. The van der Waals surface area contributed by atoms with Crippen LogP contribution in [0.1, 0.15) is 19.0 Å². The van der Waals surface area contributed by atoms with Crippen LogP contribution < -0.4 is 4.90 Å². The number of anilines is 1. The number of ether oxygens (including phenoxy) is 1. The average molecular weight is 352 g/mol. The van der Waals surface area contributed by atoms with E-state index in [2.05, 4.69) is 21.9 Å². The molecule has 2 aromatic rings. The topological polar surface area (TPSA) is 51.1 Å². The molecule has 5 nitrogen and oxygen atoms in total. The number of nitrogens with zero attached hydrogens (tertiary/aromatic N) is 4. The molecule has 1 aliphatic heterocycles. The average Bonchev–Trinajstić information content (AvgIpc) is 2.62. The second-order valence-corrected chi connectivity index (χ2v) is 6.16. The summed E-state index contributed by atoms with van der Waals surface area (Å²) < 4.78 is 45.3. The van der Waals surface area contributed by atoms with Crippen molar-refractivity contribution in [1.82, 2.24) is 15.0 Å². The van der Waals surface area contributed by atoms with Crippen molar-refractivity contribution in [1.29, 1.82) is 0 Å². The fraction of sp³-hybridized carbons (Fsp3) is 0.471. The summed E-state index contributed by atoms with van der Waals surface area (Å²) in [4.78, 5) is 13.8. The summed E-state index contributed by atoms with van der Waals surface area (Å²) in [7, 11) is 1.62. The van der Waals surface area contributed by atoms with E-state index < -0.39 is 11.9 Å². The second kappa shape index (κ2) is 6.95. The van der Waals surface area contributed by atoms with Crippen LogP contribution in [-0.2, 0) is 10.9 Å². The molecule has 0 saturated carbocycles. The lowest BCUT2D eigenvalue weighted by Crippen LogP contribution is -2.44. The lowest BCUT2D eigenvalue weighted by Gasteiger charge is -2.37. The number of methoxy groups -OCH3 is 1. The van der Waals surface area contributed by atoms with Crippen molar-refractivity contribution >= 4 is 5.82 Å². The molecular formula is C17H19F3N4O. The zero-order chi connectivity index (χ0) is 18.0. The van der Waals surface area contributed by atoms with Gasteiger partial charge < -0.3 is 9.64 Å². The first-order valence-corrected chi connectivity index (χ1v) is 8.03. The van der Waals surface area contributed by atoms with Crippen molar-refractivity contribution < 1.29 is 17.9 Å². The third-order valence-electron chi connectivity index (χ3n) is 4.44. The van der Waals surface area contributed by atoms with E-state index in [1.807, 2.05) is 4.90 Å². The molecule has 2 aromatic heterocycles. The maximum atomic E-state index is 13.3. The van der Waals surface area contributed by atoms with E-state index >= 15 is 0 Å². The third kappa shape index (κ3) is 3.89. The van der Waals surface area contributed by atoms with Gasteiger partial charge in [0.1, 0.15) is 5.82 Å². The summed E-state index contributed by atoms with van der Waals surface area (Å²) in [6, 6.07) is 4.28. The van der Waals surface area contributed by atoms with Gasteiger partial charge in [-0.2, -0.15) is 13.2 Å². The Morgan fingerprint density at radius 1 is 1.28 bits per heavy atom. The van der Waals surface area contributed by atoms with E-state index in [1.54, 1.807) is 25.4 Å². The first-order valence-electron chi connectivity index (χ1n) is 8.03. The van der Waals surface area contributed by atoms with E-state index in [-0.39, 0.29) is 17.7 Å². The Balaban J connectivity index is 2.01. The van der Waals surface area contributed by atoms with Gasteiger partial charge in [-0.1, -0.05) is 6.92 Å². The van der Waals surface area contributed by atoms with Crippen molar-refractivity contribution in [3.63, 3.8) is 0 Å². The molecule has 8 heteroatoms. The molecule has 134 valence electrons. The monoisotopic (exact) mass is 352 g/mol. The van der Waals surface area contributed by atoms with Gasteiger partial charge in [-0.25, -0.2) is 9.97 Å². The zero-order valence-corrected chi connectivity index (χ0v) is 14.0. The minimum absolute atomic E-state index is 0.0190. The highest BCUT2D eigenvalue weighted by atomic mass is 19.4. The molecule has 2 atom stereocenters. The van der Waals surface area contributed by atoms with Crippen LogP contribution in [0.3, 0.4) is 0 Å². The second-order valence-electron chi connectivity index (χ2n) is 6.16. The molecule has 1 aliphatic rings. The number of alkyl halides is 3. The van der Waals surface area contributed by atoms with E-state index in [1.165, 1.54) is 6.20 Å². The molecule has 1 fully saturated rings. The molecule has 25 heavy (non-hydrogen) atoms. The number of hydrogen-bond donors (Lipinski definition) is 0. The highest BCUT2D eigenvalue weighted by molar-refractivity contribution is 5.57. The molecule has 0 aliphatic carbocycles. The highest BCUT2D eigenvalue weighted by Gasteiger charge is 2.35. The van der Waals surface area contributed by atoms with Gasteiger partial charge in [0, 0.05) is 44.2 Å². The van der Waals surface area contributed by atoms with Crippen molar-refractivity contribution in [3.8, 4) is 11.4 Å². The van der Waals surface area contributed by atoms with Gasteiger partial charge in [0.25, 0.3) is 0 Å². The van der Waals surface area contributed by atoms with E-state index in [4.69, 9.17) is 4.74 Å². The number of rotatable bonds is 3. The Bertz CT molecular complexity index is 724. The molecule has 3 heterocycles. The molecule has 0 radical (unpaired) electrons. The Labute approximate surface area is 143 Å². The van der Waals surface area contributed by atoms with Crippen molar-refractivity contribution in [2.45, 2.75) is 25.6 Å². The highest BCUT2D eigenvalue weighted by Crippen LogP contribution is 2.33. The SMILES string of the molecule is COC1CN(c2cc(C(F)(F)F)nc(-c3cccnc3)n2)CCC1C. The maximum absolute atomic E-state index is 13.3. The smallest absolute Gasteiger partial charge is 0.379 e. The summed E-state index contributed by atoms with van der Waals surface area (Å²) >= 11 is 0. The molecule has 2 unspecified atom stereocenters. The number of hydrogen-bond acceptors (Lipinski definition) is 5. The van der Waals surface area contributed by atoms with E-state index in [0.29, 0.717) is 24.6 Å². The van der Waals surface area contributed by atoms with Crippen molar-refractivity contribution in [3.05, 3.63) is 36.3 Å². The predicted molar refractivity (Wildman–Crippen MR) is 87.1 cm³/mol. The van der Waals surface area contributed by atoms with Gasteiger partial charge in [-0.3, -0.25) is 4.98 Å². The third-order valence-corrected chi connectivity index (χ3v) is 4.44. The van der Waals surface area contributed by atoms with Crippen LogP contribution in [0.25, 0.3) is 11.4 Å². The molecule has 0 spiro atoms. The molecule has 0 aromatic carbocycles. The molecule has 0 bridgehead atoms. The minimum atomic E-state index is -4.54. The van der Waals surface area contributed by atoms with Crippen LogP contribution in [0.2, 0.25) is 0 Å². The largest absolute Gasteiger partial charge is 0.433 e. The van der Waals surface area contributed by atoms with Gasteiger partial charge in [-0.15, -0.1) is 0 Å². The molecular weight excluding hydrogens is 333 g/mol. The van der Waals surface area contributed by atoms with Gasteiger partial charge in [0.15, 0.2) is 11.5 Å². The van der Waals surface area contributed by atoms with Gasteiger partial charge in [0.2, 0.25) is 0 Å². The standard InChI is InChI=1S/C17H19F3N4O/c1-11-5-7-24(10-13(11)25-2)15-8-14(17(18,19)20)22-16(23-15)12-4-3-6-21-9-12/h3-4,6,8-9,11,13H,5,7,10H2,1-2H3. The summed E-state index contributed by atoms with van der Waals surface area (Å²) in [6.45, 7) is 3.20. The molecule has 0 amide bonds. The fourth-order valence-corrected chi connectivity index (χ4v) is 2.91. The van der Waals surface area contributed by atoms with Crippen molar-refractivity contribution in [2.75, 3.05) is 25.1 Å². The molecule has 1 saturated heterocycles. The summed E-state index contributed by atoms with van der Waals surface area (Å²) in [5, 5.41) is 0.